The van der Waals surface area contributed by atoms with Crippen LogP contribution in [0.1, 0.15) is 20.3 Å². The fraction of sp³-hybridized carbons (Fsp3) is 0.364. The van der Waals surface area contributed by atoms with Gasteiger partial charge in [-0.2, -0.15) is 0 Å². The molecule has 16 heavy (non-hydrogen) atoms. The largest absolute Gasteiger partial charge is 0.488 e. The molecule has 1 amide bonds. The average molecular weight is 221 g/mol. The van der Waals surface area contributed by atoms with Crippen LogP contribution < -0.4 is 10.8 Å². The molecule has 1 aromatic carbocycles. The molecule has 0 saturated carbocycles. The van der Waals surface area contributed by atoms with E-state index in [1.807, 2.05) is 13.8 Å². The Morgan fingerprint density at radius 2 is 2.19 bits per heavy atom. The summed E-state index contributed by atoms with van der Waals surface area (Å²) < 4.78 is 0. The van der Waals surface area contributed by atoms with Crippen molar-refractivity contribution in [2.75, 3.05) is 5.32 Å². The van der Waals surface area contributed by atoms with Gasteiger partial charge in [0.25, 0.3) is 0 Å². The van der Waals surface area contributed by atoms with Crippen molar-refractivity contribution in [2.45, 2.75) is 20.3 Å². The molecule has 1 rings (SSSR count). The highest BCUT2D eigenvalue weighted by molar-refractivity contribution is 6.58. The molecule has 0 aliphatic heterocycles. The van der Waals surface area contributed by atoms with E-state index in [2.05, 4.69) is 5.32 Å². The summed E-state index contributed by atoms with van der Waals surface area (Å²) in [5, 5.41) is 20.7. The van der Waals surface area contributed by atoms with Crippen molar-refractivity contribution in [3.05, 3.63) is 24.3 Å². The molecular formula is C11H16BNO3. The summed E-state index contributed by atoms with van der Waals surface area (Å²) in [6.45, 7) is 3.79. The zero-order valence-electron chi connectivity index (χ0n) is 9.47. The van der Waals surface area contributed by atoms with Gasteiger partial charge in [0.05, 0.1) is 0 Å². The second kappa shape index (κ2) is 5.68. The first-order chi connectivity index (χ1) is 7.54. The molecule has 1 aromatic rings. The minimum absolute atomic E-state index is 0.0530. The Morgan fingerprint density at radius 1 is 1.50 bits per heavy atom. The number of carbonyl (C=O) groups is 1. The SMILES string of the molecule is CCC(C)C(=O)Nc1cccc(B(O)O)c1. The van der Waals surface area contributed by atoms with E-state index in [1.165, 1.54) is 0 Å². The first kappa shape index (κ1) is 12.7. The van der Waals surface area contributed by atoms with Gasteiger partial charge in [0.15, 0.2) is 0 Å². The fourth-order valence-corrected chi connectivity index (χ4v) is 1.23. The second-order valence-electron chi connectivity index (χ2n) is 3.80. The maximum absolute atomic E-state index is 11.6. The van der Waals surface area contributed by atoms with E-state index in [0.29, 0.717) is 11.2 Å². The lowest BCUT2D eigenvalue weighted by Gasteiger charge is -2.10. The molecule has 0 heterocycles. The van der Waals surface area contributed by atoms with Gasteiger partial charge in [-0.1, -0.05) is 26.0 Å². The van der Waals surface area contributed by atoms with E-state index in [9.17, 15) is 4.79 Å². The highest BCUT2D eigenvalue weighted by Crippen LogP contribution is 2.08. The molecule has 1 atom stereocenters. The number of amides is 1. The van der Waals surface area contributed by atoms with Gasteiger partial charge in [0.1, 0.15) is 0 Å². The number of rotatable bonds is 4. The van der Waals surface area contributed by atoms with Crippen molar-refractivity contribution in [1.82, 2.24) is 0 Å². The molecule has 4 nitrogen and oxygen atoms in total. The van der Waals surface area contributed by atoms with Crippen LogP contribution in [0.3, 0.4) is 0 Å². The molecule has 1 unspecified atom stereocenters. The Balaban J connectivity index is 2.74. The lowest BCUT2D eigenvalue weighted by molar-refractivity contribution is -0.119. The van der Waals surface area contributed by atoms with Crippen LogP contribution in [0.4, 0.5) is 5.69 Å². The zero-order valence-corrected chi connectivity index (χ0v) is 9.47. The van der Waals surface area contributed by atoms with Gasteiger partial charge in [-0.15, -0.1) is 0 Å². The molecule has 0 fully saturated rings. The van der Waals surface area contributed by atoms with Crippen molar-refractivity contribution in [3.63, 3.8) is 0 Å². The number of carbonyl (C=O) groups excluding carboxylic acids is 1. The van der Waals surface area contributed by atoms with E-state index in [0.717, 1.165) is 6.42 Å². The molecule has 0 radical (unpaired) electrons. The van der Waals surface area contributed by atoms with Crippen LogP contribution in [0.15, 0.2) is 24.3 Å². The second-order valence-corrected chi connectivity index (χ2v) is 3.80. The number of hydrogen-bond acceptors (Lipinski definition) is 3. The van der Waals surface area contributed by atoms with Gasteiger partial charge in [-0.05, 0) is 24.0 Å². The Labute approximate surface area is 95.4 Å². The van der Waals surface area contributed by atoms with E-state index in [1.54, 1.807) is 24.3 Å². The quantitative estimate of drug-likeness (QED) is 0.642. The normalized spacial score (nSPS) is 12.0. The van der Waals surface area contributed by atoms with E-state index in [-0.39, 0.29) is 11.8 Å². The summed E-state index contributed by atoms with van der Waals surface area (Å²) >= 11 is 0. The summed E-state index contributed by atoms with van der Waals surface area (Å²) in [6, 6.07) is 6.52. The van der Waals surface area contributed by atoms with Crippen molar-refractivity contribution >= 4 is 24.2 Å². The number of nitrogens with one attached hydrogen (secondary N) is 1. The Kier molecular flexibility index (Phi) is 4.52. The van der Waals surface area contributed by atoms with E-state index < -0.39 is 7.12 Å². The first-order valence-corrected chi connectivity index (χ1v) is 5.31. The molecule has 0 bridgehead atoms. The van der Waals surface area contributed by atoms with Gasteiger partial charge in [-0.3, -0.25) is 4.79 Å². The van der Waals surface area contributed by atoms with E-state index in [4.69, 9.17) is 10.0 Å². The molecule has 5 heteroatoms. The predicted octanol–water partition coefficient (Wildman–Crippen LogP) is 0.351. The van der Waals surface area contributed by atoms with Crippen LogP contribution >= 0.6 is 0 Å². The number of benzene rings is 1. The van der Waals surface area contributed by atoms with Crippen LogP contribution in [0.25, 0.3) is 0 Å². The molecule has 0 aromatic heterocycles. The highest BCUT2D eigenvalue weighted by Gasteiger charge is 2.13. The maximum Gasteiger partial charge on any atom is 0.488 e. The van der Waals surface area contributed by atoms with Gasteiger partial charge >= 0.3 is 7.12 Å². The van der Waals surface area contributed by atoms with Gasteiger partial charge in [0, 0.05) is 11.6 Å². The third-order valence-corrected chi connectivity index (χ3v) is 2.51. The van der Waals surface area contributed by atoms with Crippen molar-refractivity contribution < 1.29 is 14.8 Å². The maximum atomic E-state index is 11.6. The summed E-state index contributed by atoms with van der Waals surface area (Å²) in [4.78, 5) is 11.6. The van der Waals surface area contributed by atoms with Crippen molar-refractivity contribution in [2.24, 2.45) is 5.92 Å². The third-order valence-electron chi connectivity index (χ3n) is 2.51. The van der Waals surface area contributed by atoms with Crippen LogP contribution in [0, 0.1) is 5.92 Å². The molecule has 0 aliphatic rings. The molecule has 0 spiro atoms. The Bertz CT molecular complexity index is 368. The van der Waals surface area contributed by atoms with Crippen molar-refractivity contribution in [1.29, 1.82) is 0 Å². The van der Waals surface area contributed by atoms with Crippen LogP contribution in [-0.2, 0) is 4.79 Å². The Morgan fingerprint density at radius 3 is 2.75 bits per heavy atom. The topological polar surface area (TPSA) is 69.6 Å². The summed E-state index contributed by atoms with van der Waals surface area (Å²) in [5.74, 6) is -0.116. The average Bonchev–Trinajstić information content (AvgIpc) is 2.28. The summed E-state index contributed by atoms with van der Waals surface area (Å²) in [5.41, 5.74) is 0.942. The summed E-state index contributed by atoms with van der Waals surface area (Å²) in [6.07, 6.45) is 0.772. The number of anilines is 1. The minimum Gasteiger partial charge on any atom is -0.423 e. The van der Waals surface area contributed by atoms with Gasteiger partial charge < -0.3 is 15.4 Å². The summed E-state index contributed by atoms with van der Waals surface area (Å²) in [7, 11) is -1.51. The zero-order chi connectivity index (χ0) is 12.1. The molecule has 0 saturated heterocycles. The van der Waals surface area contributed by atoms with Gasteiger partial charge in [0.2, 0.25) is 5.91 Å². The third kappa shape index (κ3) is 3.36. The minimum atomic E-state index is -1.51. The lowest BCUT2D eigenvalue weighted by Crippen LogP contribution is -2.30. The smallest absolute Gasteiger partial charge is 0.423 e. The molecular weight excluding hydrogens is 205 g/mol. The van der Waals surface area contributed by atoms with E-state index >= 15 is 0 Å². The van der Waals surface area contributed by atoms with Crippen LogP contribution in [-0.4, -0.2) is 23.1 Å². The monoisotopic (exact) mass is 221 g/mol. The van der Waals surface area contributed by atoms with Crippen LogP contribution in [0.2, 0.25) is 0 Å². The first-order valence-electron chi connectivity index (χ1n) is 5.31. The Hall–Kier alpha value is -1.33. The number of hydrogen-bond donors (Lipinski definition) is 3. The standard InChI is InChI=1S/C11H16BNO3/c1-3-8(2)11(14)13-10-6-4-5-9(7-10)12(15)16/h4-8,15-16H,3H2,1-2H3,(H,13,14). The molecule has 3 N–H and O–H groups in total. The molecule has 0 aliphatic carbocycles. The highest BCUT2D eigenvalue weighted by atomic mass is 16.4. The van der Waals surface area contributed by atoms with Gasteiger partial charge in [-0.25, -0.2) is 0 Å². The molecule has 86 valence electrons. The lowest BCUT2D eigenvalue weighted by atomic mass is 9.80. The predicted molar refractivity (Wildman–Crippen MR) is 64.4 cm³/mol. The van der Waals surface area contributed by atoms with Crippen molar-refractivity contribution in [3.8, 4) is 0 Å². The fourth-order valence-electron chi connectivity index (χ4n) is 1.23. The van der Waals surface area contributed by atoms with Crippen LogP contribution in [0.5, 0.6) is 0 Å².